The van der Waals surface area contributed by atoms with Crippen LogP contribution < -0.4 is 5.73 Å². The summed E-state index contributed by atoms with van der Waals surface area (Å²) in [7, 11) is 0. The van der Waals surface area contributed by atoms with Gasteiger partial charge in [0.25, 0.3) is 0 Å². The molecule has 0 atom stereocenters. The van der Waals surface area contributed by atoms with Crippen LogP contribution in [0.4, 0.5) is 5.69 Å². The predicted octanol–water partition coefficient (Wildman–Crippen LogP) is 3.87. The van der Waals surface area contributed by atoms with Crippen molar-refractivity contribution in [2.45, 2.75) is 24.7 Å². The summed E-state index contributed by atoms with van der Waals surface area (Å²) in [4.78, 5) is 12.6. The summed E-state index contributed by atoms with van der Waals surface area (Å²) in [5.41, 5.74) is 8.35. The van der Waals surface area contributed by atoms with Gasteiger partial charge in [0.15, 0.2) is 0 Å². The van der Waals surface area contributed by atoms with Gasteiger partial charge in [-0.25, -0.2) is 0 Å². The first-order chi connectivity index (χ1) is 9.60. The van der Waals surface area contributed by atoms with Crippen LogP contribution in [0.5, 0.6) is 0 Å². The average molecular weight is 330 g/mol. The number of Topliss-reactive ketones (excluding diaryl/α,β-unsaturated/α-hetero) is 1. The Morgan fingerprint density at radius 2 is 1.85 bits per heavy atom. The highest BCUT2D eigenvalue weighted by molar-refractivity contribution is 9.10. The molecule has 0 amide bonds. The molecule has 1 saturated carbocycles. The molecule has 0 bridgehead atoms. The quantitative estimate of drug-likeness (QED) is 0.865. The van der Waals surface area contributed by atoms with Crippen molar-refractivity contribution in [2.75, 3.05) is 5.73 Å². The first-order valence-corrected chi connectivity index (χ1v) is 7.53. The largest absolute Gasteiger partial charge is 0.399 e. The lowest BCUT2D eigenvalue weighted by molar-refractivity contribution is -0.120. The van der Waals surface area contributed by atoms with E-state index in [1.165, 1.54) is 0 Å². The number of nitrogens with two attached hydrogens (primary N) is 1. The van der Waals surface area contributed by atoms with Crippen molar-refractivity contribution >= 4 is 27.4 Å². The van der Waals surface area contributed by atoms with Gasteiger partial charge in [0.1, 0.15) is 5.78 Å². The molecular formula is C17H16BrNO. The summed E-state index contributed by atoms with van der Waals surface area (Å²) in [6.45, 7) is 0. The molecule has 3 rings (SSSR count). The van der Waals surface area contributed by atoms with Crippen molar-refractivity contribution in [1.29, 1.82) is 0 Å². The average Bonchev–Trinajstić information content (AvgIpc) is 3.21. The van der Waals surface area contributed by atoms with E-state index in [0.717, 1.165) is 34.1 Å². The topological polar surface area (TPSA) is 43.1 Å². The van der Waals surface area contributed by atoms with Gasteiger partial charge in [0.2, 0.25) is 0 Å². The van der Waals surface area contributed by atoms with Gasteiger partial charge >= 0.3 is 0 Å². The number of nitrogen functional groups attached to an aromatic ring is 1. The molecule has 1 fully saturated rings. The highest BCUT2D eigenvalue weighted by atomic mass is 79.9. The Hall–Kier alpha value is -1.61. The molecule has 2 N–H and O–H groups in total. The van der Waals surface area contributed by atoms with Crippen molar-refractivity contribution in [2.24, 2.45) is 0 Å². The highest BCUT2D eigenvalue weighted by Crippen LogP contribution is 2.49. The predicted molar refractivity (Wildman–Crippen MR) is 84.6 cm³/mol. The van der Waals surface area contributed by atoms with Gasteiger partial charge in [-0.3, -0.25) is 4.79 Å². The second-order valence-corrected chi connectivity index (χ2v) is 6.35. The molecule has 1 aliphatic carbocycles. The number of carbonyl (C=O) groups is 1. The molecule has 0 aliphatic heterocycles. The zero-order chi connectivity index (χ0) is 14.2. The normalized spacial score (nSPS) is 15.8. The van der Waals surface area contributed by atoms with Gasteiger partial charge in [0.05, 0.1) is 5.41 Å². The number of hydrogen-bond donors (Lipinski definition) is 1. The Labute approximate surface area is 127 Å². The van der Waals surface area contributed by atoms with Crippen LogP contribution in [0.1, 0.15) is 24.0 Å². The van der Waals surface area contributed by atoms with Gasteiger partial charge in [-0.05, 0) is 48.2 Å². The number of ketones is 1. The van der Waals surface area contributed by atoms with E-state index in [0.29, 0.717) is 12.2 Å². The summed E-state index contributed by atoms with van der Waals surface area (Å²) in [5, 5.41) is 0. The molecular weight excluding hydrogens is 314 g/mol. The van der Waals surface area contributed by atoms with E-state index in [4.69, 9.17) is 5.73 Å². The molecule has 0 saturated heterocycles. The first kappa shape index (κ1) is 13.4. The molecule has 0 aromatic heterocycles. The third-order valence-electron chi connectivity index (χ3n) is 4.00. The fraction of sp³-hybridized carbons (Fsp3) is 0.235. The van der Waals surface area contributed by atoms with Gasteiger partial charge in [0, 0.05) is 16.6 Å². The fourth-order valence-electron chi connectivity index (χ4n) is 2.66. The number of halogens is 1. The monoisotopic (exact) mass is 329 g/mol. The maximum atomic E-state index is 12.6. The second-order valence-electron chi connectivity index (χ2n) is 5.43. The fourth-order valence-corrected chi connectivity index (χ4v) is 3.10. The Morgan fingerprint density at radius 3 is 2.45 bits per heavy atom. The molecule has 1 aliphatic rings. The van der Waals surface area contributed by atoms with Gasteiger partial charge < -0.3 is 5.73 Å². The third kappa shape index (κ3) is 2.50. The lowest BCUT2D eigenvalue weighted by atomic mass is 9.88. The lowest BCUT2D eigenvalue weighted by Crippen LogP contribution is -2.22. The molecule has 2 aromatic carbocycles. The molecule has 2 nitrogen and oxygen atoms in total. The molecule has 0 spiro atoms. The smallest absolute Gasteiger partial charge is 0.147 e. The molecule has 0 unspecified atom stereocenters. The van der Waals surface area contributed by atoms with E-state index in [1.807, 2.05) is 48.5 Å². The van der Waals surface area contributed by atoms with Crippen LogP contribution in [0.15, 0.2) is 53.0 Å². The molecule has 0 radical (unpaired) electrons. The summed E-state index contributed by atoms with van der Waals surface area (Å²) in [6, 6.07) is 15.7. The summed E-state index contributed by atoms with van der Waals surface area (Å²) >= 11 is 3.45. The summed E-state index contributed by atoms with van der Waals surface area (Å²) < 4.78 is 1.01. The summed E-state index contributed by atoms with van der Waals surface area (Å²) in [6.07, 6.45) is 2.39. The molecule has 2 aromatic rings. The minimum atomic E-state index is -0.268. The van der Waals surface area contributed by atoms with E-state index in [2.05, 4.69) is 15.9 Å². The molecule has 3 heteroatoms. The van der Waals surface area contributed by atoms with E-state index >= 15 is 0 Å². The zero-order valence-corrected chi connectivity index (χ0v) is 12.7. The van der Waals surface area contributed by atoms with Gasteiger partial charge in [-0.1, -0.05) is 40.2 Å². The van der Waals surface area contributed by atoms with Crippen LogP contribution in [0.3, 0.4) is 0 Å². The van der Waals surface area contributed by atoms with Crippen LogP contribution in [-0.2, 0) is 16.6 Å². The van der Waals surface area contributed by atoms with Crippen LogP contribution >= 0.6 is 15.9 Å². The van der Waals surface area contributed by atoms with Crippen LogP contribution in [-0.4, -0.2) is 5.78 Å². The summed E-state index contributed by atoms with van der Waals surface area (Å²) in [5.74, 6) is 0.306. The van der Waals surface area contributed by atoms with Gasteiger partial charge in [-0.2, -0.15) is 0 Å². The van der Waals surface area contributed by atoms with Crippen molar-refractivity contribution in [3.8, 4) is 0 Å². The zero-order valence-electron chi connectivity index (χ0n) is 11.1. The molecule has 0 heterocycles. The number of hydrogen-bond acceptors (Lipinski definition) is 2. The van der Waals surface area contributed by atoms with E-state index in [9.17, 15) is 4.79 Å². The number of benzene rings is 2. The number of carbonyl (C=O) groups excluding carboxylic acids is 1. The highest BCUT2D eigenvalue weighted by Gasteiger charge is 2.50. The van der Waals surface area contributed by atoms with Crippen LogP contribution in [0.2, 0.25) is 0 Å². The standard InChI is InChI=1S/C17H16BrNO/c18-14-3-1-2-12(10-14)11-16(20)17(8-9-17)13-4-6-15(19)7-5-13/h1-7,10H,8-9,11,19H2. The van der Waals surface area contributed by atoms with Crippen molar-refractivity contribution < 1.29 is 4.79 Å². The van der Waals surface area contributed by atoms with Crippen molar-refractivity contribution in [3.05, 3.63) is 64.1 Å². The minimum absolute atomic E-state index is 0.268. The van der Waals surface area contributed by atoms with E-state index < -0.39 is 0 Å². The molecule has 20 heavy (non-hydrogen) atoms. The van der Waals surface area contributed by atoms with Crippen molar-refractivity contribution in [1.82, 2.24) is 0 Å². The SMILES string of the molecule is Nc1ccc(C2(C(=O)Cc3cccc(Br)c3)CC2)cc1. The van der Waals surface area contributed by atoms with E-state index in [1.54, 1.807) is 0 Å². The Bertz CT molecular complexity index is 644. The third-order valence-corrected chi connectivity index (χ3v) is 4.49. The maximum Gasteiger partial charge on any atom is 0.147 e. The second kappa shape index (κ2) is 5.06. The van der Waals surface area contributed by atoms with Crippen LogP contribution in [0.25, 0.3) is 0 Å². The Morgan fingerprint density at radius 1 is 1.15 bits per heavy atom. The molecule has 102 valence electrons. The van der Waals surface area contributed by atoms with Gasteiger partial charge in [-0.15, -0.1) is 0 Å². The minimum Gasteiger partial charge on any atom is -0.399 e. The number of rotatable bonds is 4. The lowest BCUT2D eigenvalue weighted by Gasteiger charge is -2.15. The Balaban J connectivity index is 1.81. The first-order valence-electron chi connectivity index (χ1n) is 6.74. The van der Waals surface area contributed by atoms with Crippen LogP contribution in [0, 0.1) is 0 Å². The van der Waals surface area contributed by atoms with Crippen molar-refractivity contribution in [3.63, 3.8) is 0 Å². The van der Waals surface area contributed by atoms with E-state index in [-0.39, 0.29) is 5.41 Å². The number of anilines is 1. The Kier molecular flexibility index (Phi) is 3.38. The maximum absolute atomic E-state index is 12.6.